The van der Waals surface area contributed by atoms with Crippen LogP contribution < -0.4 is 5.32 Å². The summed E-state index contributed by atoms with van der Waals surface area (Å²) in [6.45, 7) is 2.74. The van der Waals surface area contributed by atoms with Crippen LogP contribution >= 0.6 is 23.2 Å². The standard InChI is InChI=1S/C30H35Cl2N3O4S/c1-3-18-33-30(37)28(21-23-11-6-4-7-12-23)35(22-24-16-17-26(31)27(32)20-24)29(36)15-10-19-34(2)40(38,39)25-13-8-5-9-14-25/h4-9,11-14,16-17,20,28H,3,10,15,18-19,21-22H2,1-2H3,(H,33,37)/t28-/m1/s1. The fourth-order valence-corrected chi connectivity index (χ4v) is 5.79. The predicted molar refractivity (Wildman–Crippen MR) is 160 cm³/mol. The SMILES string of the molecule is CCCNC(=O)[C@@H](Cc1ccccc1)N(Cc1ccc(Cl)c(Cl)c1)C(=O)CCCN(C)S(=O)(=O)c1ccccc1. The van der Waals surface area contributed by atoms with Crippen LogP contribution in [0.4, 0.5) is 0 Å². The molecule has 0 fully saturated rings. The van der Waals surface area contributed by atoms with Gasteiger partial charge in [-0.1, -0.05) is 84.7 Å². The Hall–Kier alpha value is -2.91. The van der Waals surface area contributed by atoms with Gasteiger partial charge in [-0.2, -0.15) is 0 Å². The lowest BCUT2D eigenvalue weighted by atomic mass is 10.0. The van der Waals surface area contributed by atoms with Gasteiger partial charge in [-0.05, 0) is 48.2 Å². The molecule has 0 aromatic heterocycles. The average Bonchev–Trinajstić information content (AvgIpc) is 2.96. The van der Waals surface area contributed by atoms with Crippen molar-refractivity contribution in [3.63, 3.8) is 0 Å². The van der Waals surface area contributed by atoms with E-state index in [2.05, 4.69) is 5.32 Å². The summed E-state index contributed by atoms with van der Waals surface area (Å²) in [5, 5.41) is 3.69. The third kappa shape index (κ3) is 8.80. The van der Waals surface area contributed by atoms with Crippen LogP contribution in [0.15, 0.2) is 83.8 Å². The van der Waals surface area contributed by atoms with Gasteiger partial charge in [-0.25, -0.2) is 12.7 Å². The second-order valence-electron chi connectivity index (χ2n) is 9.51. The van der Waals surface area contributed by atoms with Gasteiger partial charge in [0.25, 0.3) is 0 Å². The third-order valence-electron chi connectivity index (χ3n) is 6.47. The van der Waals surface area contributed by atoms with Crippen molar-refractivity contribution in [2.75, 3.05) is 20.1 Å². The molecule has 0 aliphatic heterocycles. The van der Waals surface area contributed by atoms with E-state index in [-0.39, 0.29) is 42.6 Å². The number of sulfonamides is 1. The predicted octanol–water partition coefficient (Wildman–Crippen LogP) is 5.56. The number of hydrogen-bond donors (Lipinski definition) is 1. The normalized spacial score (nSPS) is 12.2. The molecule has 0 unspecified atom stereocenters. The number of carbonyl (C=O) groups excluding carboxylic acids is 2. The zero-order valence-electron chi connectivity index (χ0n) is 22.7. The molecular formula is C30H35Cl2N3O4S. The minimum absolute atomic E-state index is 0.0579. The van der Waals surface area contributed by atoms with Gasteiger partial charge in [0.2, 0.25) is 21.8 Å². The van der Waals surface area contributed by atoms with E-state index in [1.54, 1.807) is 53.4 Å². The van der Waals surface area contributed by atoms with E-state index in [1.165, 1.54) is 11.4 Å². The van der Waals surface area contributed by atoms with Crippen LogP contribution in [-0.2, 0) is 32.6 Å². The van der Waals surface area contributed by atoms with Crippen molar-refractivity contribution in [3.05, 3.63) is 100 Å². The van der Waals surface area contributed by atoms with Gasteiger partial charge < -0.3 is 10.2 Å². The molecular weight excluding hydrogens is 569 g/mol. The smallest absolute Gasteiger partial charge is 0.243 e. The summed E-state index contributed by atoms with van der Waals surface area (Å²) in [6, 6.07) is 22.0. The first kappa shape index (κ1) is 31.6. The Balaban J connectivity index is 1.83. The zero-order chi connectivity index (χ0) is 29.1. The number of nitrogens with zero attached hydrogens (tertiary/aromatic N) is 2. The first-order valence-corrected chi connectivity index (χ1v) is 15.4. The number of benzene rings is 3. The largest absolute Gasteiger partial charge is 0.354 e. The molecule has 0 bridgehead atoms. The topological polar surface area (TPSA) is 86.8 Å². The molecule has 0 saturated carbocycles. The van der Waals surface area contributed by atoms with E-state index >= 15 is 0 Å². The molecule has 2 amide bonds. The number of nitrogens with one attached hydrogen (secondary N) is 1. The third-order valence-corrected chi connectivity index (χ3v) is 9.08. The second-order valence-corrected chi connectivity index (χ2v) is 12.4. The summed E-state index contributed by atoms with van der Waals surface area (Å²) in [4.78, 5) is 28.9. The Bertz CT molecular complexity index is 1370. The lowest BCUT2D eigenvalue weighted by Gasteiger charge is -2.32. The zero-order valence-corrected chi connectivity index (χ0v) is 25.1. The molecule has 3 aromatic carbocycles. The highest BCUT2D eigenvalue weighted by atomic mass is 35.5. The number of rotatable bonds is 14. The Labute approximate surface area is 247 Å². The molecule has 3 aromatic rings. The van der Waals surface area contributed by atoms with Crippen LogP contribution in [0.3, 0.4) is 0 Å². The maximum Gasteiger partial charge on any atom is 0.243 e. The Morgan fingerprint density at radius 2 is 1.55 bits per heavy atom. The van der Waals surface area contributed by atoms with Crippen LogP contribution in [0, 0.1) is 0 Å². The summed E-state index contributed by atoms with van der Waals surface area (Å²) < 4.78 is 27.0. The van der Waals surface area contributed by atoms with E-state index in [0.29, 0.717) is 23.0 Å². The molecule has 40 heavy (non-hydrogen) atoms. The second kappa shape index (κ2) is 15.2. The van der Waals surface area contributed by atoms with Crippen molar-refractivity contribution >= 4 is 45.0 Å². The minimum atomic E-state index is -3.68. The van der Waals surface area contributed by atoms with Crippen molar-refractivity contribution in [1.29, 1.82) is 0 Å². The fraction of sp³-hybridized carbons (Fsp3) is 0.333. The number of carbonyl (C=O) groups is 2. The molecule has 0 radical (unpaired) electrons. The number of hydrogen-bond acceptors (Lipinski definition) is 4. The van der Waals surface area contributed by atoms with Crippen molar-refractivity contribution < 1.29 is 18.0 Å². The first-order chi connectivity index (χ1) is 19.1. The van der Waals surface area contributed by atoms with Gasteiger partial charge in [0.1, 0.15) is 6.04 Å². The Kier molecular flexibility index (Phi) is 12.0. The van der Waals surface area contributed by atoms with E-state index in [1.807, 2.05) is 37.3 Å². The van der Waals surface area contributed by atoms with Gasteiger partial charge in [-0.15, -0.1) is 0 Å². The van der Waals surface area contributed by atoms with Gasteiger partial charge >= 0.3 is 0 Å². The van der Waals surface area contributed by atoms with E-state index < -0.39 is 16.1 Å². The number of halogens is 2. The molecule has 0 spiro atoms. The van der Waals surface area contributed by atoms with Crippen molar-refractivity contribution in [2.45, 2.75) is 50.1 Å². The Morgan fingerprint density at radius 1 is 0.900 bits per heavy atom. The molecule has 3 rings (SSSR count). The molecule has 0 aliphatic rings. The fourth-order valence-electron chi connectivity index (χ4n) is 4.24. The van der Waals surface area contributed by atoms with Crippen LogP contribution in [0.5, 0.6) is 0 Å². The Morgan fingerprint density at radius 3 is 2.17 bits per heavy atom. The maximum absolute atomic E-state index is 13.7. The molecule has 10 heteroatoms. The lowest BCUT2D eigenvalue weighted by molar-refractivity contribution is -0.141. The average molecular weight is 605 g/mol. The molecule has 0 heterocycles. The van der Waals surface area contributed by atoms with Crippen LogP contribution in [0.1, 0.15) is 37.3 Å². The molecule has 7 nitrogen and oxygen atoms in total. The van der Waals surface area contributed by atoms with Gasteiger partial charge in [0.15, 0.2) is 0 Å². The maximum atomic E-state index is 13.7. The van der Waals surface area contributed by atoms with Crippen LogP contribution in [-0.4, -0.2) is 55.6 Å². The summed E-state index contributed by atoms with van der Waals surface area (Å²) >= 11 is 12.4. The molecule has 1 N–H and O–H groups in total. The first-order valence-electron chi connectivity index (χ1n) is 13.2. The highest BCUT2D eigenvalue weighted by Gasteiger charge is 2.30. The summed E-state index contributed by atoms with van der Waals surface area (Å²) in [7, 11) is -2.18. The van der Waals surface area contributed by atoms with E-state index in [4.69, 9.17) is 23.2 Å². The number of amides is 2. The highest BCUT2D eigenvalue weighted by molar-refractivity contribution is 7.89. The molecule has 214 valence electrons. The van der Waals surface area contributed by atoms with Gasteiger partial charge in [-0.3, -0.25) is 9.59 Å². The minimum Gasteiger partial charge on any atom is -0.354 e. The lowest BCUT2D eigenvalue weighted by Crippen LogP contribution is -2.50. The monoisotopic (exact) mass is 603 g/mol. The summed E-state index contributed by atoms with van der Waals surface area (Å²) in [6.07, 6.45) is 1.43. The molecule has 1 atom stereocenters. The van der Waals surface area contributed by atoms with Gasteiger partial charge in [0.05, 0.1) is 14.9 Å². The van der Waals surface area contributed by atoms with Crippen molar-refractivity contribution in [2.24, 2.45) is 0 Å². The van der Waals surface area contributed by atoms with Crippen LogP contribution in [0.25, 0.3) is 0 Å². The summed E-state index contributed by atoms with van der Waals surface area (Å²) in [5.74, 6) is -0.507. The quantitative estimate of drug-likeness (QED) is 0.261. The molecule has 0 aliphatic carbocycles. The van der Waals surface area contributed by atoms with E-state index in [0.717, 1.165) is 17.5 Å². The van der Waals surface area contributed by atoms with Crippen molar-refractivity contribution in [1.82, 2.24) is 14.5 Å². The van der Waals surface area contributed by atoms with E-state index in [9.17, 15) is 18.0 Å². The van der Waals surface area contributed by atoms with Gasteiger partial charge in [0, 0.05) is 39.5 Å². The van der Waals surface area contributed by atoms with Crippen LogP contribution in [0.2, 0.25) is 10.0 Å². The summed E-state index contributed by atoms with van der Waals surface area (Å²) in [5.41, 5.74) is 1.65. The molecule has 0 saturated heterocycles. The van der Waals surface area contributed by atoms with Crippen molar-refractivity contribution in [3.8, 4) is 0 Å². The highest BCUT2D eigenvalue weighted by Crippen LogP contribution is 2.25.